The number of ether oxygens (including phenoxy) is 7. The van der Waals surface area contributed by atoms with Gasteiger partial charge in [0.15, 0.2) is 18.2 Å². The van der Waals surface area contributed by atoms with Crippen molar-refractivity contribution < 1.29 is 73.1 Å². The molecule has 4 heterocycles. The zero-order valence-corrected chi connectivity index (χ0v) is 43.5. The van der Waals surface area contributed by atoms with Gasteiger partial charge in [0.05, 0.1) is 49.4 Å². The molecular formula is C53H83N3O15. The Kier molecular flexibility index (Phi) is 22.4. The van der Waals surface area contributed by atoms with Crippen LogP contribution in [0.15, 0.2) is 59.4 Å². The fraction of sp³-hybridized carbons (Fsp3) is 0.717. The van der Waals surface area contributed by atoms with E-state index in [1.165, 1.54) is 19.3 Å². The number of methoxy groups -OCH3 is 1. The van der Waals surface area contributed by atoms with Gasteiger partial charge >= 0.3 is 18.0 Å². The summed E-state index contributed by atoms with van der Waals surface area (Å²) < 4.78 is 42.0. The normalized spacial score (nSPS) is 39.2. The largest absolute Gasteiger partial charge is 0.490 e. The molecule has 0 aromatic carbocycles. The third-order valence-corrected chi connectivity index (χ3v) is 14.7. The number of nitrogens with one attached hydrogen (secondary N) is 2. The van der Waals surface area contributed by atoms with Gasteiger partial charge in [-0.15, -0.1) is 12.3 Å². The van der Waals surface area contributed by atoms with E-state index >= 15 is 0 Å². The standard InChI is InChI=1S/C53H83N3O15/c1-13-16-22-52(55-56-52)23-21-43(58)67-40-27-44(66-36(11)49(40)70-51(54)63)68-42-28-53(64,71-39(18-14-2)33(42)8)35(10)47(61)34(9)48-38(57)20-17-19-29(4)24-31(6)45(59)37(15-3)46(60)32(7)25-30(5)26-41(65-12)50(62)69-48/h1,14,17-20,25-26,31-40,42,44-49,55-57,59-61,64H,15-16,21-24,27-28H2,2-12H3,(H2,54,63)/b18-14+,20-17+,29-19+,30-25+,41-26-/t31-,32-,33-,34+,35+,36+,37?,38+,39-,40+,42-,44-,45+,46-,47-,48-,49+,53-/m1/s1. The third kappa shape index (κ3) is 16.2. The summed E-state index contributed by atoms with van der Waals surface area (Å²) in [5, 5.41) is 59.2. The molecule has 0 saturated carbocycles. The topological polar surface area (TPSA) is 287 Å². The van der Waals surface area contributed by atoms with Crippen molar-refractivity contribution in [3.63, 3.8) is 0 Å². The Bertz CT molecular complexity index is 1980. The molecule has 3 saturated heterocycles. The molecule has 0 bridgehead atoms. The van der Waals surface area contributed by atoms with Crippen molar-refractivity contribution in [2.75, 3.05) is 7.11 Å². The van der Waals surface area contributed by atoms with Crippen molar-refractivity contribution in [1.82, 2.24) is 10.9 Å². The second kappa shape index (κ2) is 26.7. The molecule has 3 fully saturated rings. The first-order valence-corrected chi connectivity index (χ1v) is 25.1. The van der Waals surface area contributed by atoms with E-state index in [0.29, 0.717) is 37.7 Å². The van der Waals surface area contributed by atoms with E-state index in [9.17, 15) is 39.9 Å². The summed E-state index contributed by atoms with van der Waals surface area (Å²) in [6.45, 7) is 17.8. The SMILES string of the molecule is C#CCCC1(CCC(=O)O[C@H]2C[C@@H](O[C@@H]3C[C@](O)([C@@H](C)[C@H](O)[C@H](C)[C@H]4OC(=O)/C(OC)=C/C(C)=C/[C@@H](C)[C@@H](O)C(CC)[C@@H](O)[C@H](C)C/C(C)=C/C=C/[C@@H]4O)O[C@H](/C=C/C)[C@H]3C)O[C@@H](C)[C@@H]2OC(N)=O)NN1. The lowest BCUT2D eigenvalue weighted by Crippen LogP contribution is -2.59. The summed E-state index contributed by atoms with van der Waals surface area (Å²) in [5.74, 6) is -4.71. The van der Waals surface area contributed by atoms with Crippen LogP contribution in [0.2, 0.25) is 0 Å². The van der Waals surface area contributed by atoms with Gasteiger partial charge in [-0.2, -0.15) is 0 Å². The molecule has 18 heteroatoms. The number of hydrogen-bond donors (Lipinski definition) is 8. The highest BCUT2D eigenvalue weighted by Gasteiger charge is 2.53. The maximum Gasteiger partial charge on any atom is 0.404 e. The van der Waals surface area contributed by atoms with Crippen LogP contribution in [-0.2, 0) is 42.7 Å². The third-order valence-electron chi connectivity index (χ3n) is 14.7. The minimum atomic E-state index is -2.07. The molecule has 0 radical (unpaired) electrons. The number of rotatable bonds is 16. The summed E-state index contributed by atoms with van der Waals surface area (Å²) >= 11 is 0. The quantitative estimate of drug-likeness (QED) is 0.0336. The molecule has 4 aliphatic heterocycles. The predicted octanol–water partition coefficient (Wildman–Crippen LogP) is 4.88. The molecule has 4 rings (SSSR count). The van der Waals surface area contributed by atoms with Crippen molar-refractivity contribution in [3.8, 4) is 12.3 Å². The van der Waals surface area contributed by atoms with Crippen LogP contribution in [-0.4, -0.2) is 129 Å². The van der Waals surface area contributed by atoms with E-state index < -0.39 is 120 Å². The Morgan fingerprint density at radius 3 is 2.37 bits per heavy atom. The monoisotopic (exact) mass is 1000 g/mol. The molecule has 4 aliphatic rings. The van der Waals surface area contributed by atoms with Crippen LogP contribution < -0.4 is 16.6 Å². The molecule has 1 amide bonds. The van der Waals surface area contributed by atoms with Crippen LogP contribution >= 0.6 is 0 Å². The fourth-order valence-corrected chi connectivity index (χ4v) is 10.1. The number of cyclic esters (lactones) is 1. The second-order valence-electron chi connectivity index (χ2n) is 20.3. The van der Waals surface area contributed by atoms with Gasteiger partial charge in [-0.1, -0.05) is 89.1 Å². The molecule has 0 aliphatic carbocycles. The number of aliphatic hydroxyl groups excluding tert-OH is 4. The zero-order chi connectivity index (χ0) is 53.0. The number of carbonyl (C=O) groups is 3. The van der Waals surface area contributed by atoms with Crippen LogP contribution in [0, 0.1) is 47.9 Å². The van der Waals surface area contributed by atoms with Crippen molar-refractivity contribution in [2.45, 2.75) is 199 Å². The summed E-state index contributed by atoms with van der Waals surface area (Å²) in [6, 6.07) is 0. The van der Waals surface area contributed by atoms with Gasteiger partial charge in [-0.25, -0.2) is 20.4 Å². The average Bonchev–Trinajstić information content (AvgIpc) is 4.09. The van der Waals surface area contributed by atoms with Crippen molar-refractivity contribution in [3.05, 3.63) is 59.4 Å². The zero-order valence-electron chi connectivity index (χ0n) is 43.5. The number of terminal acetylenes is 1. The van der Waals surface area contributed by atoms with Crippen LogP contribution in [0.3, 0.4) is 0 Å². The number of esters is 2. The van der Waals surface area contributed by atoms with Gasteiger partial charge in [0.25, 0.3) is 0 Å². The van der Waals surface area contributed by atoms with Crippen molar-refractivity contribution in [2.24, 2.45) is 41.2 Å². The van der Waals surface area contributed by atoms with Crippen molar-refractivity contribution >= 4 is 18.0 Å². The Labute approximate surface area is 420 Å². The summed E-state index contributed by atoms with van der Waals surface area (Å²) in [4.78, 5) is 39.1. The van der Waals surface area contributed by atoms with Gasteiger partial charge < -0.3 is 64.4 Å². The number of hydrazine groups is 1. The van der Waals surface area contributed by atoms with Crippen LogP contribution in [0.1, 0.15) is 121 Å². The lowest BCUT2D eigenvalue weighted by molar-refractivity contribution is -0.339. The number of primary amides is 1. The van der Waals surface area contributed by atoms with Gasteiger partial charge in [0, 0.05) is 55.3 Å². The fourth-order valence-electron chi connectivity index (χ4n) is 10.1. The molecule has 0 spiro atoms. The van der Waals surface area contributed by atoms with Crippen LogP contribution in [0.25, 0.3) is 0 Å². The Balaban J connectivity index is 1.61. The molecule has 9 N–H and O–H groups in total. The molecule has 1 unspecified atom stereocenters. The first kappa shape index (κ1) is 59.4. The highest BCUT2D eigenvalue weighted by Crippen LogP contribution is 2.43. The summed E-state index contributed by atoms with van der Waals surface area (Å²) in [6.07, 6.45) is 6.89. The first-order chi connectivity index (χ1) is 33.4. The lowest BCUT2D eigenvalue weighted by atomic mass is 9.77. The lowest BCUT2D eigenvalue weighted by Gasteiger charge is -2.50. The molecule has 71 heavy (non-hydrogen) atoms. The minimum absolute atomic E-state index is 0.0277. The molecule has 18 nitrogen and oxygen atoms in total. The van der Waals surface area contributed by atoms with Gasteiger partial charge in [0.1, 0.15) is 18.3 Å². The predicted molar refractivity (Wildman–Crippen MR) is 264 cm³/mol. The smallest absolute Gasteiger partial charge is 0.404 e. The van der Waals surface area contributed by atoms with E-state index in [1.54, 1.807) is 65.0 Å². The number of nitrogens with two attached hydrogens (primary N) is 1. The second-order valence-corrected chi connectivity index (χ2v) is 20.3. The average molecular weight is 1000 g/mol. The van der Waals surface area contributed by atoms with E-state index in [4.69, 9.17) is 45.3 Å². The van der Waals surface area contributed by atoms with Gasteiger partial charge in [-0.3, -0.25) is 4.79 Å². The highest BCUT2D eigenvalue weighted by atomic mass is 16.7. The number of aliphatic hydroxyl groups is 5. The summed E-state index contributed by atoms with van der Waals surface area (Å²) in [5.41, 5.74) is 12.5. The number of carbonyl (C=O) groups excluding carboxylic acids is 3. The molecule has 0 aromatic heterocycles. The molecule has 400 valence electrons. The Morgan fingerprint density at radius 1 is 1.07 bits per heavy atom. The maximum atomic E-state index is 13.9. The minimum Gasteiger partial charge on any atom is -0.490 e. The van der Waals surface area contributed by atoms with Gasteiger partial charge in [-0.05, 0) is 65.4 Å². The first-order valence-electron chi connectivity index (χ1n) is 25.1. The summed E-state index contributed by atoms with van der Waals surface area (Å²) in [7, 11) is 1.30. The Hall–Kier alpha value is -4.13. The van der Waals surface area contributed by atoms with Crippen LogP contribution in [0.4, 0.5) is 4.79 Å². The van der Waals surface area contributed by atoms with Crippen LogP contribution in [0.5, 0.6) is 0 Å². The van der Waals surface area contributed by atoms with E-state index in [2.05, 4.69) is 16.8 Å². The molecule has 0 aromatic rings. The van der Waals surface area contributed by atoms with E-state index in [1.807, 2.05) is 34.6 Å². The highest BCUT2D eigenvalue weighted by molar-refractivity contribution is 5.87. The number of allylic oxidation sites excluding steroid dienone is 6. The van der Waals surface area contributed by atoms with E-state index in [0.717, 1.165) is 5.57 Å². The molecule has 18 atom stereocenters. The molecular weight excluding hydrogens is 919 g/mol. The maximum absolute atomic E-state index is 13.9. The van der Waals surface area contributed by atoms with Crippen molar-refractivity contribution in [1.29, 1.82) is 0 Å². The number of hydrogen-bond acceptors (Lipinski definition) is 17. The number of amides is 1. The Morgan fingerprint density at radius 2 is 1.76 bits per heavy atom. The van der Waals surface area contributed by atoms with E-state index in [-0.39, 0.29) is 36.9 Å². The van der Waals surface area contributed by atoms with Gasteiger partial charge in [0.2, 0.25) is 5.76 Å².